The summed E-state index contributed by atoms with van der Waals surface area (Å²) in [7, 11) is 0. The zero-order valence-electron chi connectivity index (χ0n) is 14.2. The molecule has 1 saturated heterocycles. The molecule has 0 amide bonds. The average Bonchev–Trinajstić information content (AvgIpc) is 2.68. The fourth-order valence-electron chi connectivity index (χ4n) is 3.59. The van der Waals surface area contributed by atoms with Crippen LogP contribution in [-0.4, -0.2) is 59.3 Å². The van der Waals surface area contributed by atoms with Gasteiger partial charge in [-0.3, -0.25) is 0 Å². The highest BCUT2D eigenvalue weighted by atomic mass is 15.4. The van der Waals surface area contributed by atoms with E-state index < -0.39 is 0 Å². The SMILES string of the molecule is CCN1CCN(c2cnnc(N3CCCc4ccccc43)n2)CC1. The molecule has 1 aromatic carbocycles. The van der Waals surface area contributed by atoms with Crippen molar-refractivity contribution in [2.24, 2.45) is 0 Å². The molecule has 0 aliphatic carbocycles. The maximum absolute atomic E-state index is 4.83. The Morgan fingerprint density at radius 2 is 1.88 bits per heavy atom. The summed E-state index contributed by atoms with van der Waals surface area (Å²) in [6, 6.07) is 8.54. The lowest BCUT2D eigenvalue weighted by Gasteiger charge is -2.35. The number of hydrogen-bond acceptors (Lipinski definition) is 6. The zero-order chi connectivity index (χ0) is 16.4. The van der Waals surface area contributed by atoms with E-state index in [-0.39, 0.29) is 0 Å². The molecule has 0 N–H and O–H groups in total. The first-order valence-corrected chi connectivity index (χ1v) is 8.87. The Balaban J connectivity index is 1.58. The molecule has 0 unspecified atom stereocenters. The van der Waals surface area contributed by atoms with E-state index >= 15 is 0 Å². The first-order valence-electron chi connectivity index (χ1n) is 8.87. The predicted molar refractivity (Wildman–Crippen MR) is 95.9 cm³/mol. The third-order valence-electron chi connectivity index (χ3n) is 5.03. The van der Waals surface area contributed by atoms with Crippen molar-refractivity contribution in [3.8, 4) is 0 Å². The van der Waals surface area contributed by atoms with Crippen molar-refractivity contribution < 1.29 is 0 Å². The van der Waals surface area contributed by atoms with E-state index in [1.165, 1.54) is 11.3 Å². The normalized spacial score (nSPS) is 18.5. The third-order valence-corrected chi connectivity index (χ3v) is 5.03. The molecule has 2 aliphatic rings. The van der Waals surface area contributed by atoms with Crippen LogP contribution in [-0.2, 0) is 6.42 Å². The topological polar surface area (TPSA) is 48.4 Å². The fraction of sp³-hybridized carbons (Fsp3) is 0.500. The number of piperazine rings is 1. The van der Waals surface area contributed by atoms with Crippen LogP contribution in [0.15, 0.2) is 30.5 Å². The van der Waals surface area contributed by atoms with E-state index in [4.69, 9.17) is 4.98 Å². The number of anilines is 3. The van der Waals surface area contributed by atoms with Gasteiger partial charge in [-0.25, -0.2) is 0 Å². The Morgan fingerprint density at radius 1 is 1.04 bits per heavy atom. The summed E-state index contributed by atoms with van der Waals surface area (Å²) in [6.45, 7) is 8.46. The molecule has 0 atom stereocenters. The number of likely N-dealkylation sites (N-methyl/N-ethyl adjacent to an activating group) is 1. The maximum atomic E-state index is 4.83. The average molecular weight is 324 g/mol. The highest BCUT2D eigenvalue weighted by Gasteiger charge is 2.22. The number of rotatable bonds is 3. The van der Waals surface area contributed by atoms with E-state index in [2.05, 4.69) is 56.1 Å². The van der Waals surface area contributed by atoms with Gasteiger partial charge in [0.1, 0.15) is 0 Å². The van der Waals surface area contributed by atoms with Crippen LogP contribution in [0.1, 0.15) is 18.9 Å². The minimum absolute atomic E-state index is 0.720. The molecule has 6 heteroatoms. The fourth-order valence-corrected chi connectivity index (χ4v) is 3.59. The Kier molecular flexibility index (Phi) is 4.30. The Hall–Kier alpha value is -2.21. The van der Waals surface area contributed by atoms with Gasteiger partial charge in [0, 0.05) is 38.4 Å². The Morgan fingerprint density at radius 3 is 2.71 bits per heavy atom. The smallest absolute Gasteiger partial charge is 0.251 e. The molecular formula is C18H24N6. The number of benzene rings is 1. The van der Waals surface area contributed by atoms with Gasteiger partial charge in [-0.2, -0.15) is 10.1 Å². The number of aromatic nitrogens is 3. The molecule has 126 valence electrons. The van der Waals surface area contributed by atoms with Crippen molar-refractivity contribution in [1.29, 1.82) is 0 Å². The molecule has 0 spiro atoms. The Labute approximate surface area is 143 Å². The van der Waals surface area contributed by atoms with Crippen LogP contribution in [0.2, 0.25) is 0 Å². The number of hydrogen-bond donors (Lipinski definition) is 0. The van der Waals surface area contributed by atoms with Gasteiger partial charge in [-0.05, 0) is 31.0 Å². The molecule has 24 heavy (non-hydrogen) atoms. The van der Waals surface area contributed by atoms with Gasteiger partial charge in [0.2, 0.25) is 0 Å². The molecular weight excluding hydrogens is 300 g/mol. The van der Waals surface area contributed by atoms with Gasteiger partial charge >= 0.3 is 0 Å². The number of para-hydroxylation sites is 1. The standard InChI is InChI=1S/C18H24N6/c1-2-22-10-12-23(13-11-22)17-14-19-21-18(20-17)24-9-5-7-15-6-3-4-8-16(15)24/h3-4,6,8,14H,2,5,7,9-13H2,1H3. The Bertz CT molecular complexity index is 695. The minimum atomic E-state index is 0.720. The van der Waals surface area contributed by atoms with Crippen molar-refractivity contribution >= 4 is 17.5 Å². The van der Waals surface area contributed by atoms with Crippen LogP contribution >= 0.6 is 0 Å². The monoisotopic (exact) mass is 324 g/mol. The predicted octanol–water partition coefficient (Wildman–Crippen LogP) is 2.10. The molecule has 3 heterocycles. The van der Waals surface area contributed by atoms with E-state index in [1.807, 2.05) is 0 Å². The molecule has 1 fully saturated rings. The molecule has 4 rings (SSSR count). The molecule has 6 nitrogen and oxygen atoms in total. The maximum Gasteiger partial charge on any atom is 0.251 e. The second-order valence-corrected chi connectivity index (χ2v) is 6.42. The molecule has 0 bridgehead atoms. The first kappa shape index (κ1) is 15.3. The van der Waals surface area contributed by atoms with Crippen LogP contribution in [0.4, 0.5) is 17.5 Å². The summed E-state index contributed by atoms with van der Waals surface area (Å²) in [6.07, 6.45) is 4.04. The van der Waals surface area contributed by atoms with Crippen molar-refractivity contribution in [3.05, 3.63) is 36.0 Å². The van der Waals surface area contributed by atoms with Crippen molar-refractivity contribution in [1.82, 2.24) is 20.1 Å². The van der Waals surface area contributed by atoms with E-state index in [0.717, 1.165) is 63.9 Å². The van der Waals surface area contributed by atoms with Crippen LogP contribution in [0.5, 0.6) is 0 Å². The highest BCUT2D eigenvalue weighted by Crippen LogP contribution is 2.31. The van der Waals surface area contributed by atoms with Crippen molar-refractivity contribution in [3.63, 3.8) is 0 Å². The molecule has 2 aliphatic heterocycles. The van der Waals surface area contributed by atoms with E-state index in [0.29, 0.717) is 0 Å². The minimum Gasteiger partial charge on any atom is -0.353 e. The molecule has 0 radical (unpaired) electrons. The number of aryl methyl sites for hydroxylation is 1. The van der Waals surface area contributed by atoms with E-state index in [1.54, 1.807) is 6.20 Å². The summed E-state index contributed by atoms with van der Waals surface area (Å²) in [5.41, 5.74) is 2.59. The quantitative estimate of drug-likeness (QED) is 0.862. The van der Waals surface area contributed by atoms with E-state index in [9.17, 15) is 0 Å². The third kappa shape index (κ3) is 2.94. The van der Waals surface area contributed by atoms with Gasteiger partial charge < -0.3 is 14.7 Å². The van der Waals surface area contributed by atoms with Crippen LogP contribution in [0.25, 0.3) is 0 Å². The number of fused-ring (bicyclic) bond motifs is 1. The summed E-state index contributed by atoms with van der Waals surface area (Å²) in [4.78, 5) is 11.8. The summed E-state index contributed by atoms with van der Waals surface area (Å²) >= 11 is 0. The summed E-state index contributed by atoms with van der Waals surface area (Å²) in [5, 5.41) is 8.55. The van der Waals surface area contributed by atoms with Crippen LogP contribution < -0.4 is 9.80 Å². The van der Waals surface area contributed by atoms with Crippen molar-refractivity contribution in [2.75, 3.05) is 49.1 Å². The molecule has 2 aromatic rings. The molecule has 0 saturated carbocycles. The lowest BCUT2D eigenvalue weighted by molar-refractivity contribution is 0.270. The second kappa shape index (κ2) is 6.73. The summed E-state index contributed by atoms with van der Waals surface area (Å²) < 4.78 is 0. The largest absolute Gasteiger partial charge is 0.353 e. The first-order chi connectivity index (χ1) is 11.8. The van der Waals surface area contributed by atoms with Gasteiger partial charge in [0.15, 0.2) is 5.82 Å². The van der Waals surface area contributed by atoms with Gasteiger partial charge in [-0.1, -0.05) is 25.1 Å². The molecule has 1 aromatic heterocycles. The van der Waals surface area contributed by atoms with Gasteiger partial charge in [0.25, 0.3) is 5.95 Å². The highest BCUT2D eigenvalue weighted by molar-refractivity contribution is 5.63. The zero-order valence-corrected chi connectivity index (χ0v) is 14.2. The number of nitrogens with zero attached hydrogens (tertiary/aromatic N) is 6. The van der Waals surface area contributed by atoms with Crippen molar-refractivity contribution in [2.45, 2.75) is 19.8 Å². The summed E-state index contributed by atoms with van der Waals surface area (Å²) in [5.74, 6) is 1.66. The van der Waals surface area contributed by atoms with Gasteiger partial charge in [-0.15, -0.1) is 5.10 Å². The lowest BCUT2D eigenvalue weighted by atomic mass is 10.0. The van der Waals surface area contributed by atoms with Gasteiger partial charge in [0.05, 0.1) is 6.20 Å². The van der Waals surface area contributed by atoms with Crippen LogP contribution in [0, 0.1) is 0 Å². The lowest BCUT2D eigenvalue weighted by Crippen LogP contribution is -2.46. The van der Waals surface area contributed by atoms with Crippen LogP contribution in [0.3, 0.4) is 0 Å². The second-order valence-electron chi connectivity index (χ2n) is 6.42.